The fourth-order valence-electron chi connectivity index (χ4n) is 1.78. The van der Waals surface area contributed by atoms with Crippen LogP contribution in [0.2, 0.25) is 0 Å². The number of aromatic nitrogens is 2. The van der Waals surface area contributed by atoms with E-state index in [4.69, 9.17) is 4.74 Å². The largest absolute Gasteiger partial charge is 0.488 e. The maximum absolute atomic E-state index is 11.9. The van der Waals surface area contributed by atoms with Crippen LogP contribution < -0.4 is 15.4 Å². The first-order chi connectivity index (χ1) is 10.4. The van der Waals surface area contributed by atoms with Crippen LogP contribution >= 0.6 is 0 Å². The summed E-state index contributed by atoms with van der Waals surface area (Å²) in [5.41, 5.74) is 0.615. The van der Waals surface area contributed by atoms with E-state index in [2.05, 4.69) is 20.6 Å². The van der Waals surface area contributed by atoms with Crippen LogP contribution in [0.3, 0.4) is 0 Å². The lowest BCUT2D eigenvalue weighted by molar-refractivity contribution is 0.129. The summed E-state index contributed by atoms with van der Waals surface area (Å²) in [6.07, 6.45) is 4.54. The van der Waals surface area contributed by atoms with Crippen LogP contribution in [0, 0.1) is 0 Å². The quantitative estimate of drug-likeness (QED) is 0.910. The molecule has 0 atom stereocenters. The van der Waals surface area contributed by atoms with Crippen LogP contribution in [0.1, 0.15) is 26.3 Å². The van der Waals surface area contributed by atoms with Gasteiger partial charge in [-0.05, 0) is 26.8 Å². The van der Waals surface area contributed by atoms with E-state index in [1.807, 2.05) is 45.0 Å². The Morgan fingerprint density at radius 1 is 1.23 bits per heavy atom. The van der Waals surface area contributed by atoms with Crippen molar-refractivity contribution in [3.8, 4) is 5.75 Å². The van der Waals surface area contributed by atoms with E-state index in [-0.39, 0.29) is 11.6 Å². The Kier molecular flexibility index (Phi) is 4.93. The Balaban J connectivity index is 1.95. The Bertz CT molecular complexity index is 624. The van der Waals surface area contributed by atoms with Crippen LogP contribution in [0.15, 0.2) is 42.9 Å². The van der Waals surface area contributed by atoms with E-state index in [1.54, 1.807) is 6.20 Å². The summed E-state index contributed by atoms with van der Waals surface area (Å²) in [5.74, 6) is 1.16. The molecule has 2 amide bonds. The lowest BCUT2D eigenvalue weighted by atomic mass is 10.1. The molecule has 2 rings (SSSR count). The summed E-state index contributed by atoms with van der Waals surface area (Å²) in [6, 6.07) is 7.29. The van der Waals surface area contributed by atoms with Gasteiger partial charge in [0.25, 0.3) is 0 Å². The van der Waals surface area contributed by atoms with E-state index >= 15 is 0 Å². The second-order valence-corrected chi connectivity index (χ2v) is 5.72. The number of anilines is 1. The summed E-state index contributed by atoms with van der Waals surface area (Å²) >= 11 is 0. The molecule has 6 heteroatoms. The number of amides is 2. The molecule has 0 spiro atoms. The van der Waals surface area contributed by atoms with Crippen molar-refractivity contribution >= 4 is 11.8 Å². The Morgan fingerprint density at radius 3 is 2.68 bits per heavy atom. The third kappa shape index (κ3) is 5.05. The highest BCUT2D eigenvalue weighted by Crippen LogP contribution is 2.22. The van der Waals surface area contributed by atoms with Crippen molar-refractivity contribution in [2.45, 2.75) is 32.9 Å². The van der Waals surface area contributed by atoms with Crippen LogP contribution in [0.5, 0.6) is 5.75 Å². The highest BCUT2D eigenvalue weighted by Gasteiger charge is 2.14. The molecule has 0 aliphatic heterocycles. The monoisotopic (exact) mass is 300 g/mol. The lowest BCUT2D eigenvalue weighted by Gasteiger charge is -2.23. The number of urea groups is 1. The fraction of sp³-hybridized carbons (Fsp3) is 0.312. The SMILES string of the molecule is CC(C)(C)Oc1ccccc1CNC(=O)Nc1cnccn1. The lowest BCUT2D eigenvalue weighted by Crippen LogP contribution is -2.29. The molecule has 1 aromatic heterocycles. The number of rotatable bonds is 4. The number of carbonyl (C=O) groups excluding carboxylic acids is 1. The Labute approximate surface area is 129 Å². The molecule has 0 radical (unpaired) electrons. The van der Waals surface area contributed by atoms with Crippen LogP contribution in [0.4, 0.5) is 10.6 Å². The van der Waals surface area contributed by atoms with Crippen molar-refractivity contribution in [1.29, 1.82) is 0 Å². The molecule has 2 N–H and O–H groups in total. The first-order valence-electron chi connectivity index (χ1n) is 7.02. The second kappa shape index (κ2) is 6.89. The molecule has 22 heavy (non-hydrogen) atoms. The van der Waals surface area contributed by atoms with Gasteiger partial charge < -0.3 is 10.1 Å². The topological polar surface area (TPSA) is 76.1 Å². The number of para-hydroxylation sites is 1. The number of nitrogens with one attached hydrogen (secondary N) is 2. The zero-order valence-electron chi connectivity index (χ0n) is 13.0. The maximum atomic E-state index is 11.9. The van der Waals surface area contributed by atoms with Gasteiger partial charge in [-0.3, -0.25) is 10.3 Å². The van der Waals surface area contributed by atoms with Gasteiger partial charge in [-0.25, -0.2) is 9.78 Å². The number of carbonyl (C=O) groups is 1. The average Bonchev–Trinajstić information content (AvgIpc) is 2.46. The average molecular weight is 300 g/mol. The van der Waals surface area contributed by atoms with Gasteiger partial charge in [0.05, 0.1) is 6.20 Å². The third-order valence-electron chi connectivity index (χ3n) is 2.63. The Morgan fingerprint density at radius 2 is 2.00 bits per heavy atom. The first-order valence-corrected chi connectivity index (χ1v) is 7.02. The summed E-state index contributed by atoms with van der Waals surface area (Å²) in [5, 5.41) is 5.39. The standard InChI is InChI=1S/C16H20N4O2/c1-16(2,3)22-13-7-5-4-6-12(13)10-19-15(21)20-14-11-17-8-9-18-14/h4-9,11H,10H2,1-3H3,(H2,18,19,20,21). The van der Waals surface area contributed by atoms with E-state index in [9.17, 15) is 4.79 Å². The third-order valence-corrected chi connectivity index (χ3v) is 2.63. The molecule has 0 unspecified atom stereocenters. The van der Waals surface area contributed by atoms with Crippen molar-refractivity contribution in [2.24, 2.45) is 0 Å². The number of nitrogens with zero attached hydrogens (tertiary/aromatic N) is 2. The molecule has 2 aromatic rings. The minimum atomic E-state index is -0.342. The van der Waals surface area contributed by atoms with Crippen molar-refractivity contribution < 1.29 is 9.53 Å². The van der Waals surface area contributed by atoms with Gasteiger partial charge in [-0.2, -0.15) is 0 Å². The van der Waals surface area contributed by atoms with Gasteiger partial charge in [0.15, 0.2) is 5.82 Å². The molecule has 116 valence electrons. The molecule has 0 fully saturated rings. The predicted molar refractivity (Wildman–Crippen MR) is 84.7 cm³/mol. The van der Waals surface area contributed by atoms with E-state index in [0.717, 1.165) is 11.3 Å². The molecule has 0 aliphatic rings. The molecule has 0 aliphatic carbocycles. The highest BCUT2D eigenvalue weighted by atomic mass is 16.5. The molecule has 0 saturated carbocycles. The fourth-order valence-corrected chi connectivity index (χ4v) is 1.78. The van der Waals surface area contributed by atoms with E-state index < -0.39 is 0 Å². The van der Waals surface area contributed by atoms with Gasteiger partial charge in [0.1, 0.15) is 11.4 Å². The molecule has 1 aromatic carbocycles. The van der Waals surface area contributed by atoms with Crippen LogP contribution in [0.25, 0.3) is 0 Å². The minimum absolute atomic E-state index is 0.294. The Hall–Kier alpha value is -2.63. The van der Waals surface area contributed by atoms with Gasteiger partial charge in [-0.15, -0.1) is 0 Å². The van der Waals surface area contributed by atoms with Gasteiger partial charge in [0.2, 0.25) is 0 Å². The minimum Gasteiger partial charge on any atom is -0.488 e. The van der Waals surface area contributed by atoms with Gasteiger partial charge in [0, 0.05) is 24.5 Å². The van der Waals surface area contributed by atoms with Crippen molar-refractivity contribution in [1.82, 2.24) is 15.3 Å². The molecular formula is C16H20N4O2. The summed E-state index contributed by atoms with van der Waals surface area (Å²) in [7, 11) is 0. The van der Waals surface area contributed by atoms with E-state index in [0.29, 0.717) is 12.4 Å². The van der Waals surface area contributed by atoms with Gasteiger partial charge >= 0.3 is 6.03 Å². The zero-order chi connectivity index (χ0) is 16.0. The normalized spacial score (nSPS) is 10.9. The summed E-state index contributed by atoms with van der Waals surface area (Å²) < 4.78 is 5.89. The highest BCUT2D eigenvalue weighted by molar-refractivity contribution is 5.87. The van der Waals surface area contributed by atoms with Crippen LogP contribution in [-0.4, -0.2) is 21.6 Å². The smallest absolute Gasteiger partial charge is 0.320 e. The van der Waals surface area contributed by atoms with Crippen LogP contribution in [-0.2, 0) is 6.54 Å². The predicted octanol–water partition coefficient (Wildman–Crippen LogP) is 2.98. The van der Waals surface area contributed by atoms with Crippen molar-refractivity contribution in [2.75, 3.05) is 5.32 Å². The maximum Gasteiger partial charge on any atom is 0.320 e. The second-order valence-electron chi connectivity index (χ2n) is 5.72. The molecule has 0 bridgehead atoms. The van der Waals surface area contributed by atoms with E-state index in [1.165, 1.54) is 12.4 Å². The molecule has 1 heterocycles. The number of ether oxygens (including phenoxy) is 1. The van der Waals surface area contributed by atoms with Gasteiger partial charge in [-0.1, -0.05) is 18.2 Å². The number of hydrogen-bond acceptors (Lipinski definition) is 4. The number of benzene rings is 1. The van der Waals surface area contributed by atoms with Crippen molar-refractivity contribution in [3.63, 3.8) is 0 Å². The summed E-state index contributed by atoms with van der Waals surface area (Å²) in [4.78, 5) is 19.7. The molecular weight excluding hydrogens is 280 g/mol. The first kappa shape index (κ1) is 15.8. The van der Waals surface area contributed by atoms with Crippen molar-refractivity contribution in [3.05, 3.63) is 48.4 Å². The molecule has 6 nitrogen and oxygen atoms in total. The summed E-state index contributed by atoms with van der Waals surface area (Å²) in [6.45, 7) is 6.31. The zero-order valence-corrected chi connectivity index (χ0v) is 13.0. The number of hydrogen-bond donors (Lipinski definition) is 2. The molecule has 0 saturated heterocycles.